The molecule has 1 saturated carbocycles. The molecule has 0 atom stereocenters. The molecule has 6 nitrogen and oxygen atoms in total. The Hall–Kier alpha value is -1.42. The molecule has 0 radical (unpaired) electrons. The van der Waals surface area contributed by atoms with E-state index in [1.54, 1.807) is 25.1 Å². The second kappa shape index (κ2) is 11.3. The maximum Gasteiger partial charge on any atom is 0.236 e. The number of aliphatic imine (C=N–C) groups is 1. The monoisotopic (exact) mass is 531 g/mol. The zero-order chi connectivity index (χ0) is 20.9. The van der Waals surface area contributed by atoms with Gasteiger partial charge < -0.3 is 15.5 Å². The van der Waals surface area contributed by atoms with E-state index in [2.05, 4.69) is 22.5 Å². The average molecular weight is 531 g/mol. The highest BCUT2D eigenvalue weighted by atomic mass is 127. The lowest BCUT2D eigenvalue weighted by Crippen LogP contribution is -2.50. The fourth-order valence-electron chi connectivity index (χ4n) is 3.87. The second-order valence-corrected chi connectivity index (χ2v) is 8.44. The topological polar surface area (TPSA) is 60.0 Å². The number of piperidine rings is 1. The summed E-state index contributed by atoms with van der Waals surface area (Å²) in [7, 11) is 3.59. The van der Waals surface area contributed by atoms with Gasteiger partial charge in [-0.1, -0.05) is 18.2 Å². The van der Waals surface area contributed by atoms with Crippen LogP contribution in [0.2, 0.25) is 0 Å². The largest absolute Gasteiger partial charge is 0.357 e. The number of hydrogen-bond donors (Lipinski definition) is 2. The molecule has 2 fully saturated rings. The summed E-state index contributed by atoms with van der Waals surface area (Å²) in [5.41, 5.74) is 0.641. The van der Waals surface area contributed by atoms with E-state index in [4.69, 9.17) is 4.99 Å². The van der Waals surface area contributed by atoms with E-state index >= 15 is 0 Å². The van der Waals surface area contributed by atoms with Crippen molar-refractivity contribution in [2.45, 2.75) is 44.1 Å². The standard InChI is InChI=1S/C22H34FN5O.HI/c1-4-24-21(25-16-22(11-12-22)18-7-5-6-8-19(18)23)26-17-9-13-28(14-10-17)15-20(29)27(2)3;/h5-8,17H,4,9-16H2,1-3H3,(H2,24,25,26);1H. The summed E-state index contributed by atoms with van der Waals surface area (Å²) in [5, 5.41) is 6.87. The molecular formula is C22H35FIN5O. The molecule has 2 N–H and O–H groups in total. The summed E-state index contributed by atoms with van der Waals surface area (Å²) in [6, 6.07) is 7.41. The van der Waals surface area contributed by atoms with Crippen molar-refractivity contribution in [3.63, 3.8) is 0 Å². The quantitative estimate of drug-likeness (QED) is 0.323. The van der Waals surface area contributed by atoms with Gasteiger partial charge in [0.25, 0.3) is 0 Å². The fourth-order valence-corrected chi connectivity index (χ4v) is 3.87. The van der Waals surface area contributed by atoms with Gasteiger partial charge in [0.15, 0.2) is 5.96 Å². The third-order valence-electron chi connectivity index (χ3n) is 5.97. The predicted molar refractivity (Wildman–Crippen MR) is 130 cm³/mol. The Morgan fingerprint density at radius 1 is 1.27 bits per heavy atom. The average Bonchev–Trinajstić information content (AvgIpc) is 3.49. The highest BCUT2D eigenvalue weighted by Gasteiger charge is 2.45. The number of likely N-dealkylation sites (tertiary alicyclic amines) is 1. The van der Waals surface area contributed by atoms with E-state index in [0.29, 0.717) is 19.1 Å². The van der Waals surface area contributed by atoms with E-state index in [0.717, 1.165) is 56.8 Å². The Kier molecular flexibility index (Phi) is 9.33. The number of carbonyl (C=O) groups is 1. The van der Waals surface area contributed by atoms with E-state index < -0.39 is 0 Å². The van der Waals surface area contributed by atoms with Crippen molar-refractivity contribution < 1.29 is 9.18 Å². The van der Waals surface area contributed by atoms with E-state index in [-0.39, 0.29) is 41.1 Å². The van der Waals surface area contributed by atoms with Gasteiger partial charge >= 0.3 is 0 Å². The van der Waals surface area contributed by atoms with Crippen molar-refractivity contribution in [1.29, 1.82) is 0 Å². The summed E-state index contributed by atoms with van der Waals surface area (Å²) in [4.78, 5) is 20.6. The third kappa shape index (κ3) is 6.54. The van der Waals surface area contributed by atoms with Crippen LogP contribution in [0, 0.1) is 5.82 Å². The molecule has 1 aromatic rings. The van der Waals surface area contributed by atoms with Crippen LogP contribution in [0.25, 0.3) is 0 Å². The number of benzene rings is 1. The maximum absolute atomic E-state index is 14.2. The molecule has 0 spiro atoms. The van der Waals surface area contributed by atoms with Gasteiger partial charge in [0.2, 0.25) is 5.91 Å². The van der Waals surface area contributed by atoms with Crippen molar-refractivity contribution in [3.8, 4) is 0 Å². The molecule has 1 aliphatic heterocycles. The first kappa shape index (κ1) is 24.8. The number of likely N-dealkylation sites (N-methyl/N-ethyl adjacent to an activating group) is 1. The number of guanidine groups is 1. The summed E-state index contributed by atoms with van der Waals surface area (Å²) in [5.74, 6) is 0.824. The number of rotatable bonds is 7. The van der Waals surface area contributed by atoms with Gasteiger partial charge in [-0.05, 0) is 44.2 Å². The normalized spacial score (nSPS) is 19.0. The van der Waals surface area contributed by atoms with Gasteiger partial charge in [-0.3, -0.25) is 14.7 Å². The smallest absolute Gasteiger partial charge is 0.236 e. The summed E-state index contributed by atoms with van der Waals surface area (Å²) < 4.78 is 14.2. The number of hydrogen-bond acceptors (Lipinski definition) is 3. The molecule has 1 saturated heterocycles. The van der Waals surface area contributed by atoms with Gasteiger partial charge in [0.1, 0.15) is 5.82 Å². The molecule has 1 aromatic carbocycles. The van der Waals surface area contributed by atoms with E-state index in [9.17, 15) is 9.18 Å². The molecule has 30 heavy (non-hydrogen) atoms. The van der Waals surface area contributed by atoms with Crippen molar-refractivity contribution in [1.82, 2.24) is 20.4 Å². The number of nitrogens with zero attached hydrogens (tertiary/aromatic N) is 3. The van der Waals surface area contributed by atoms with Crippen LogP contribution < -0.4 is 10.6 Å². The Labute approximate surface area is 196 Å². The van der Waals surface area contributed by atoms with Crippen LogP contribution in [0.3, 0.4) is 0 Å². The van der Waals surface area contributed by atoms with E-state index in [1.807, 2.05) is 12.1 Å². The lowest BCUT2D eigenvalue weighted by atomic mass is 9.95. The van der Waals surface area contributed by atoms with Gasteiger partial charge in [-0.15, -0.1) is 24.0 Å². The van der Waals surface area contributed by atoms with Crippen LogP contribution >= 0.6 is 24.0 Å². The highest BCUT2D eigenvalue weighted by Crippen LogP contribution is 2.49. The first-order valence-electron chi connectivity index (χ1n) is 10.7. The Balaban J connectivity index is 0.00000320. The highest BCUT2D eigenvalue weighted by molar-refractivity contribution is 14.0. The molecular weight excluding hydrogens is 496 g/mol. The molecule has 8 heteroatoms. The van der Waals surface area contributed by atoms with Crippen molar-refractivity contribution in [2.75, 3.05) is 46.8 Å². The van der Waals surface area contributed by atoms with Gasteiger partial charge in [0.05, 0.1) is 13.1 Å². The number of amides is 1. The van der Waals surface area contributed by atoms with Crippen LogP contribution in [-0.4, -0.2) is 74.5 Å². The lowest BCUT2D eigenvalue weighted by Gasteiger charge is -2.33. The maximum atomic E-state index is 14.2. The van der Waals surface area contributed by atoms with Gasteiger partial charge in [0, 0.05) is 45.2 Å². The SMILES string of the molecule is CCNC(=NCC1(c2ccccc2F)CC1)NC1CCN(CC(=O)N(C)C)CC1.I. The van der Waals surface area contributed by atoms with Crippen LogP contribution in [-0.2, 0) is 10.2 Å². The Morgan fingerprint density at radius 3 is 2.50 bits per heavy atom. The van der Waals surface area contributed by atoms with Crippen molar-refractivity contribution in [3.05, 3.63) is 35.6 Å². The Bertz CT molecular complexity index is 730. The Morgan fingerprint density at radius 2 is 1.93 bits per heavy atom. The lowest BCUT2D eigenvalue weighted by molar-refractivity contribution is -0.130. The predicted octanol–water partition coefficient (Wildman–Crippen LogP) is 2.58. The molecule has 0 unspecified atom stereocenters. The minimum absolute atomic E-state index is 0. The third-order valence-corrected chi connectivity index (χ3v) is 5.97. The van der Waals surface area contributed by atoms with Crippen LogP contribution in [0.15, 0.2) is 29.3 Å². The zero-order valence-corrected chi connectivity index (χ0v) is 20.6. The second-order valence-electron chi connectivity index (χ2n) is 8.44. The number of halogens is 2. The van der Waals surface area contributed by atoms with Crippen LogP contribution in [0.4, 0.5) is 4.39 Å². The molecule has 168 valence electrons. The van der Waals surface area contributed by atoms with Gasteiger partial charge in [-0.2, -0.15) is 0 Å². The van der Waals surface area contributed by atoms with Crippen LogP contribution in [0.5, 0.6) is 0 Å². The van der Waals surface area contributed by atoms with E-state index in [1.165, 1.54) is 6.07 Å². The molecule has 2 aliphatic rings. The molecule has 1 amide bonds. The molecule has 1 aliphatic carbocycles. The van der Waals surface area contributed by atoms with Crippen molar-refractivity contribution >= 4 is 35.8 Å². The summed E-state index contributed by atoms with van der Waals surface area (Å²) in [6.07, 6.45) is 3.91. The molecule has 3 rings (SSSR count). The van der Waals surface area contributed by atoms with Gasteiger partial charge in [-0.25, -0.2) is 4.39 Å². The minimum atomic E-state index is -0.149. The summed E-state index contributed by atoms with van der Waals surface area (Å²) in [6.45, 7) is 5.72. The first-order chi connectivity index (χ1) is 13.9. The van der Waals surface area contributed by atoms with Crippen LogP contribution in [0.1, 0.15) is 38.2 Å². The first-order valence-corrected chi connectivity index (χ1v) is 10.7. The number of carbonyl (C=O) groups excluding carboxylic acids is 1. The molecule has 1 heterocycles. The molecule has 0 bridgehead atoms. The zero-order valence-electron chi connectivity index (χ0n) is 18.3. The number of nitrogens with one attached hydrogen (secondary N) is 2. The summed E-state index contributed by atoms with van der Waals surface area (Å²) >= 11 is 0. The fraction of sp³-hybridized carbons (Fsp3) is 0.636. The molecule has 0 aromatic heterocycles. The minimum Gasteiger partial charge on any atom is -0.357 e. The van der Waals surface area contributed by atoms with Crippen molar-refractivity contribution in [2.24, 2.45) is 4.99 Å².